The number of benzene rings is 1. The summed E-state index contributed by atoms with van der Waals surface area (Å²) in [5.41, 5.74) is 3.51. The van der Waals surface area contributed by atoms with Crippen LogP contribution in [0.15, 0.2) is 18.2 Å². The fourth-order valence-corrected chi connectivity index (χ4v) is 5.29. The zero-order chi connectivity index (χ0) is 22.1. The Morgan fingerprint density at radius 3 is 2.62 bits per heavy atom. The first-order chi connectivity index (χ1) is 15.6. The quantitative estimate of drug-likeness (QED) is 0.659. The number of nitrogens with zero attached hydrogens (tertiary/aromatic N) is 4. The standard InChI is InChI=1S/C24H29ClN4O3/c1-16-7-8-17-5-4-6-19(17)22(16)32-23-20(15-21(25)26-27-23)31-24(30)29-13-9-18(10-14-29)28-11-2-3-12-28/h7-8,15,18H,2-6,9-14H2,1H3. The number of ether oxygens (including phenoxy) is 2. The number of carbonyl (C=O) groups is 1. The number of halogens is 1. The number of aryl methyl sites for hydroxylation is 2. The number of hydrogen-bond donors (Lipinski definition) is 0. The zero-order valence-electron chi connectivity index (χ0n) is 18.5. The maximum atomic E-state index is 12.9. The van der Waals surface area contributed by atoms with Gasteiger partial charge in [-0.1, -0.05) is 23.7 Å². The summed E-state index contributed by atoms with van der Waals surface area (Å²) in [6.07, 6.45) is 7.25. The molecule has 2 saturated heterocycles. The third-order valence-electron chi connectivity index (χ3n) is 6.90. The third-order valence-corrected chi connectivity index (χ3v) is 7.09. The second-order valence-corrected chi connectivity index (χ2v) is 9.36. The van der Waals surface area contributed by atoms with Crippen molar-refractivity contribution in [1.82, 2.24) is 20.0 Å². The second kappa shape index (κ2) is 9.24. The van der Waals surface area contributed by atoms with Crippen molar-refractivity contribution in [3.05, 3.63) is 40.0 Å². The first-order valence-electron chi connectivity index (χ1n) is 11.6. The van der Waals surface area contributed by atoms with Crippen molar-refractivity contribution >= 4 is 17.7 Å². The maximum Gasteiger partial charge on any atom is 0.415 e. The van der Waals surface area contributed by atoms with E-state index in [9.17, 15) is 4.79 Å². The third kappa shape index (κ3) is 4.41. The van der Waals surface area contributed by atoms with E-state index in [1.807, 2.05) is 6.92 Å². The monoisotopic (exact) mass is 456 g/mol. The molecule has 0 saturated carbocycles. The molecular formula is C24H29ClN4O3. The Balaban J connectivity index is 1.29. The summed E-state index contributed by atoms with van der Waals surface area (Å²) in [4.78, 5) is 17.2. The molecule has 2 aliphatic heterocycles. The Kier molecular flexibility index (Phi) is 6.20. The Morgan fingerprint density at radius 2 is 1.84 bits per heavy atom. The van der Waals surface area contributed by atoms with Gasteiger partial charge in [0.25, 0.3) is 5.88 Å². The van der Waals surface area contributed by atoms with Crippen LogP contribution >= 0.6 is 11.6 Å². The summed E-state index contributed by atoms with van der Waals surface area (Å²) < 4.78 is 11.9. The number of fused-ring (bicyclic) bond motifs is 1. The van der Waals surface area contributed by atoms with Crippen LogP contribution in [0.5, 0.6) is 17.4 Å². The van der Waals surface area contributed by atoms with Crippen molar-refractivity contribution in [2.45, 2.75) is 57.9 Å². The van der Waals surface area contributed by atoms with Crippen molar-refractivity contribution in [2.75, 3.05) is 26.2 Å². The van der Waals surface area contributed by atoms with Crippen molar-refractivity contribution in [3.8, 4) is 17.4 Å². The lowest BCUT2D eigenvalue weighted by molar-refractivity contribution is 0.109. The van der Waals surface area contributed by atoms with Crippen LogP contribution in [0.25, 0.3) is 0 Å². The van der Waals surface area contributed by atoms with Crippen molar-refractivity contribution in [1.29, 1.82) is 0 Å². The average molecular weight is 457 g/mol. The van der Waals surface area contributed by atoms with E-state index in [2.05, 4.69) is 27.2 Å². The predicted molar refractivity (Wildman–Crippen MR) is 122 cm³/mol. The molecule has 170 valence electrons. The van der Waals surface area contributed by atoms with Crippen LogP contribution in [0.3, 0.4) is 0 Å². The summed E-state index contributed by atoms with van der Waals surface area (Å²) >= 11 is 6.07. The minimum Gasteiger partial charge on any atom is -0.434 e. The molecule has 0 bridgehead atoms. The molecule has 1 aromatic carbocycles. The van der Waals surface area contributed by atoms with Gasteiger partial charge in [-0.05, 0) is 81.6 Å². The van der Waals surface area contributed by atoms with Crippen molar-refractivity contribution in [2.24, 2.45) is 0 Å². The molecule has 7 nitrogen and oxygen atoms in total. The molecule has 0 unspecified atom stereocenters. The number of piperidine rings is 1. The van der Waals surface area contributed by atoms with Gasteiger partial charge in [-0.25, -0.2) is 4.79 Å². The van der Waals surface area contributed by atoms with Crippen LogP contribution in [0, 0.1) is 6.92 Å². The summed E-state index contributed by atoms with van der Waals surface area (Å²) in [7, 11) is 0. The van der Waals surface area contributed by atoms with Gasteiger partial charge in [0.15, 0.2) is 10.9 Å². The van der Waals surface area contributed by atoms with E-state index < -0.39 is 6.09 Å². The summed E-state index contributed by atoms with van der Waals surface area (Å²) in [5.74, 6) is 1.14. The molecule has 0 atom stereocenters. The summed E-state index contributed by atoms with van der Waals surface area (Å²) in [6.45, 7) is 5.74. The van der Waals surface area contributed by atoms with E-state index in [0.717, 1.165) is 43.4 Å². The highest BCUT2D eigenvalue weighted by molar-refractivity contribution is 6.29. The van der Waals surface area contributed by atoms with Crippen LogP contribution in [0.1, 0.15) is 48.8 Å². The fourth-order valence-electron chi connectivity index (χ4n) is 5.15. The SMILES string of the molecule is Cc1ccc2c(c1Oc1nnc(Cl)cc1OC(=O)N1CCC(N3CCCC3)CC1)CCC2. The van der Waals surface area contributed by atoms with Gasteiger partial charge in [-0.15, -0.1) is 10.2 Å². The topological polar surface area (TPSA) is 67.8 Å². The van der Waals surface area contributed by atoms with Crippen LogP contribution in [-0.2, 0) is 12.8 Å². The molecule has 0 N–H and O–H groups in total. The van der Waals surface area contributed by atoms with Gasteiger partial charge in [-0.3, -0.25) is 0 Å². The molecule has 1 amide bonds. The average Bonchev–Trinajstić information content (AvgIpc) is 3.49. The molecule has 32 heavy (non-hydrogen) atoms. The predicted octanol–water partition coefficient (Wildman–Crippen LogP) is 4.78. The van der Waals surface area contributed by atoms with Gasteiger partial charge in [0.05, 0.1) is 0 Å². The smallest absolute Gasteiger partial charge is 0.415 e. The van der Waals surface area contributed by atoms with Crippen LogP contribution in [-0.4, -0.2) is 58.3 Å². The number of amides is 1. The van der Waals surface area contributed by atoms with E-state index in [-0.39, 0.29) is 16.8 Å². The van der Waals surface area contributed by atoms with E-state index in [0.29, 0.717) is 19.1 Å². The van der Waals surface area contributed by atoms with Crippen LogP contribution in [0.4, 0.5) is 4.79 Å². The molecule has 0 radical (unpaired) electrons. The molecule has 2 aromatic rings. The van der Waals surface area contributed by atoms with Gasteiger partial charge in [0.2, 0.25) is 0 Å². The molecule has 1 aliphatic carbocycles. The number of rotatable bonds is 4. The molecule has 8 heteroatoms. The highest BCUT2D eigenvalue weighted by atomic mass is 35.5. The Morgan fingerprint density at radius 1 is 1.06 bits per heavy atom. The highest BCUT2D eigenvalue weighted by Crippen LogP contribution is 2.39. The first-order valence-corrected chi connectivity index (χ1v) is 12.0. The van der Waals surface area contributed by atoms with E-state index in [1.165, 1.54) is 43.1 Å². The molecule has 0 spiro atoms. The molecule has 1 aromatic heterocycles. The molecular weight excluding hydrogens is 428 g/mol. The van der Waals surface area contributed by atoms with Crippen LogP contribution in [0.2, 0.25) is 5.15 Å². The molecule has 5 rings (SSSR count). The van der Waals surface area contributed by atoms with Gasteiger partial charge in [-0.2, -0.15) is 0 Å². The molecule has 3 aliphatic rings. The number of likely N-dealkylation sites (tertiary alicyclic amines) is 2. The number of hydrogen-bond acceptors (Lipinski definition) is 6. The number of aromatic nitrogens is 2. The van der Waals surface area contributed by atoms with Crippen molar-refractivity contribution in [3.63, 3.8) is 0 Å². The lowest BCUT2D eigenvalue weighted by atomic mass is 10.0. The number of carbonyl (C=O) groups excluding carboxylic acids is 1. The minimum atomic E-state index is -0.395. The summed E-state index contributed by atoms with van der Waals surface area (Å²) in [5, 5.41) is 8.16. The Hall–Kier alpha value is -2.38. The van der Waals surface area contributed by atoms with Gasteiger partial charge < -0.3 is 19.3 Å². The largest absolute Gasteiger partial charge is 0.434 e. The van der Waals surface area contributed by atoms with Crippen LogP contribution < -0.4 is 9.47 Å². The maximum absolute atomic E-state index is 12.9. The van der Waals surface area contributed by atoms with Gasteiger partial charge >= 0.3 is 6.09 Å². The lowest BCUT2D eigenvalue weighted by Gasteiger charge is -2.36. The van der Waals surface area contributed by atoms with E-state index in [4.69, 9.17) is 21.1 Å². The zero-order valence-corrected chi connectivity index (χ0v) is 19.2. The first kappa shape index (κ1) is 21.5. The van der Waals surface area contributed by atoms with E-state index in [1.54, 1.807) is 4.90 Å². The van der Waals surface area contributed by atoms with Gasteiger partial charge in [0, 0.05) is 25.2 Å². The highest BCUT2D eigenvalue weighted by Gasteiger charge is 2.30. The summed E-state index contributed by atoms with van der Waals surface area (Å²) in [6, 6.07) is 6.28. The fraction of sp³-hybridized carbons (Fsp3) is 0.542. The van der Waals surface area contributed by atoms with Crippen molar-refractivity contribution < 1.29 is 14.3 Å². The second-order valence-electron chi connectivity index (χ2n) is 8.97. The Bertz CT molecular complexity index is 1000. The molecule has 2 fully saturated rings. The lowest BCUT2D eigenvalue weighted by Crippen LogP contribution is -2.46. The minimum absolute atomic E-state index is 0.155. The van der Waals surface area contributed by atoms with Gasteiger partial charge in [0.1, 0.15) is 5.75 Å². The van der Waals surface area contributed by atoms with E-state index >= 15 is 0 Å². The molecule has 3 heterocycles. The normalized spacial score (nSPS) is 19.2. The Labute approximate surface area is 193 Å².